The third kappa shape index (κ3) is 7.99. The number of ether oxygens (including phenoxy) is 3. The van der Waals surface area contributed by atoms with Crippen molar-refractivity contribution in [2.45, 2.75) is 25.5 Å². The largest absolute Gasteiger partial charge is 0.469 e. The molecule has 3 N–H and O–H groups in total. The van der Waals surface area contributed by atoms with E-state index in [0.717, 1.165) is 11.3 Å². The van der Waals surface area contributed by atoms with Crippen LogP contribution in [0.3, 0.4) is 0 Å². The molecule has 3 aromatic rings. The van der Waals surface area contributed by atoms with Crippen molar-refractivity contribution < 1.29 is 33.4 Å². The lowest BCUT2D eigenvalue weighted by atomic mass is 10.1. The van der Waals surface area contributed by atoms with Gasteiger partial charge in [0.25, 0.3) is 5.91 Å². The first-order chi connectivity index (χ1) is 20.1. The Kier molecular flexibility index (Phi) is 10.00. The number of rotatable bonds is 11. The van der Waals surface area contributed by atoms with Crippen LogP contribution in [0.15, 0.2) is 60.7 Å². The molecule has 3 aromatic carbocycles. The molecule has 1 aliphatic heterocycles. The first-order valence-electron chi connectivity index (χ1n) is 13.1. The van der Waals surface area contributed by atoms with Crippen molar-refractivity contribution >= 4 is 52.4 Å². The quantitative estimate of drug-likeness (QED) is 0.279. The molecule has 0 spiro atoms. The molecule has 42 heavy (non-hydrogen) atoms. The molecular weight excluding hydrogens is 564 g/mol. The maximum atomic E-state index is 13.2. The molecule has 0 saturated carbocycles. The first-order valence-corrected chi connectivity index (χ1v) is 13.4. The van der Waals surface area contributed by atoms with Gasteiger partial charge in [0.15, 0.2) is 5.75 Å². The number of amides is 3. The zero-order valence-corrected chi connectivity index (χ0v) is 24.1. The van der Waals surface area contributed by atoms with Crippen molar-refractivity contribution in [3.05, 3.63) is 76.8 Å². The number of benzene rings is 3. The highest BCUT2D eigenvalue weighted by Crippen LogP contribution is 2.37. The molecular formula is C30H31ClN4O7. The molecule has 0 saturated heterocycles. The third-order valence-electron chi connectivity index (χ3n) is 6.36. The van der Waals surface area contributed by atoms with Crippen LogP contribution in [0.2, 0.25) is 5.02 Å². The molecule has 4 rings (SSSR count). The normalized spacial score (nSPS) is 14.1. The Morgan fingerprint density at radius 1 is 1.05 bits per heavy atom. The van der Waals surface area contributed by atoms with Crippen molar-refractivity contribution in [2.75, 3.05) is 43.3 Å². The van der Waals surface area contributed by atoms with Crippen LogP contribution < -0.4 is 25.6 Å². The van der Waals surface area contributed by atoms with Gasteiger partial charge in [-0.3, -0.25) is 19.2 Å². The minimum atomic E-state index is -0.968. The number of methoxy groups -OCH3 is 1. The molecule has 11 nitrogen and oxygen atoms in total. The van der Waals surface area contributed by atoms with Crippen molar-refractivity contribution in [2.24, 2.45) is 0 Å². The van der Waals surface area contributed by atoms with Gasteiger partial charge in [0.1, 0.15) is 18.4 Å². The summed E-state index contributed by atoms with van der Waals surface area (Å²) >= 11 is 5.92. The van der Waals surface area contributed by atoms with Crippen LogP contribution in [0.4, 0.5) is 17.1 Å². The monoisotopic (exact) mass is 594 g/mol. The summed E-state index contributed by atoms with van der Waals surface area (Å²) in [5, 5.41) is 8.72. The van der Waals surface area contributed by atoms with Crippen molar-refractivity contribution in [1.29, 1.82) is 0 Å². The molecule has 0 fully saturated rings. The predicted molar refractivity (Wildman–Crippen MR) is 158 cm³/mol. The Labute approximate surface area is 248 Å². The number of anilines is 3. The number of carbonyl (C=O) groups excluding carboxylic acids is 4. The highest BCUT2D eigenvalue weighted by molar-refractivity contribution is 6.30. The first kappa shape index (κ1) is 30.4. The number of nitrogens with zero attached hydrogens (tertiary/aromatic N) is 1. The van der Waals surface area contributed by atoms with Gasteiger partial charge >= 0.3 is 5.97 Å². The summed E-state index contributed by atoms with van der Waals surface area (Å²) in [4.78, 5) is 52.4. The Balaban J connectivity index is 1.58. The van der Waals surface area contributed by atoms with E-state index < -0.39 is 29.7 Å². The van der Waals surface area contributed by atoms with Gasteiger partial charge in [-0.2, -0.15) is 0 Å². The molecule has 220 valence electrons. The number of nitrogens with one attached hydrogen (secondary N) is 3. The second-order valence-corrected chi connectivity index (χ2v) is 10.1. The van der Waals surface area contributed by atoms with Crippen LogP contribution >= 0.6 is 11.6 Å². The molecule has 0 aromatic heterocycles. The topological polar surface area (TPSA) is 135 Å². The Bertz CT molecular complexity index is 1480. The number of halogens is 1. The lowest BCUT2D eigenvalue weighted by Gasteiger charge is -2.18. The predicted octanol–water partition coefficient (Wildman–Crippen LogP) is 4.36. The second-order valence-electron chi connectivity index (χ2n) is 9.69. The van der Waals surface area contributed by atoms with E-state index in [1.54, 1.807) is 36.4 Å². The van der Waals surface area contributed by atoms with Gasteiger partial charge in [-0.05, 0) is 48.4 Å². The highest BCUT2D eigenvalue weighted by atomic mass is 35.5. The Hall–Kier alpha value is -4.61. The van der Waals surface area contributed by atoms with Gasteiger partial charge in [0, 0.05) is 37.3 Å². The van der Waals surface area contributed by atoms with Crippen LogP contribution in [-0.2, 0) is 30.5 Å². The standard InChI is InChI=1S/C30H31ClN4O7/c1-35(2)20-5-4-6-21(13-20)42-26-14-22-24(34-30(39)23(33-29(22)38)11-12-28(37)40-3)15-25(26)32-27(36)17-41-16-18-7-9-19(31)10-8-18/h4-10,13-15,23H,11-12,16-17H2,1-3H3,(H,32,36)(H,33,38)(H,34,39)/t23-/m1/s1. The maximum Gasteiger partial charge on any atom is 0.305 e. The fourth-order valence-corrected chi connectivity index (χ4v) is 4.25. The lowest BCUT2D eigenvalue weighted by Crippen LogP contribution is -2.41. The van der Waals surface area contributed by atoms with Crippen molar-refractivity contribution in [1.82, 2.24) is 5.32 Å². The molecule has 0 aliphatic carbocycles. The van der Waals surface area contributed by atoms with Crippen LogP contribution in [0.1, 0.15) is 28.8 Å². The number of esters is 1. The number of fused-ring (bicyclic) bond motifs is 1. The van der Waals surface area contributed by atoms with E-state index in [0.29, 0.717) is 10.8 Å². The van der Waals surface area contributed by atoms with Crippen LogP contribution in [0, 0.1) is 0 Å². The Morgan fingerprint density at radius 3 is 2.52 bits per heavy atom. The fraction of sp³-hybridized carbons (Fsp3) is 0.267. The zero-order chi connectivity index (χ0) is 30.2. The second kappa shape index (κ2) is 13.8. The van der Waals surface area contributed by atoms with Crippen LogP contribution in [-0.4, -0.2) is 57.5 Å². The van der Waals surface area contributed by atoms with Gasteiger partial charge in [-0.1, -0.05) is 29.8 Å². The van der Waals surface area contributed by atoms with E-state index in [2.05, 4.69) is 20.7 Å². The summed E-state index contributed by atoms with van der Waals surface area (Å²) in [5.41, 5.74) is 2.23. The van der Waals surface area contributed by atoms with Crippen molar-refractivity contribution in [3.8, 4) is 11.5 Å². The smallest absolute Gasteiger partial charge is 0.305 e. The van der Waals surface area contributed by atoms with E-state index in [-0.39, 0.29) is 48.7 Å². The molecule has 0 unspecified atom stereocenters. The number of hydrogen-bond acceptors (Lipinski definition) is 8. The molecule has 12 heteroatoms. The van der Waals surface area contributed by atoms with Crippen LogP contribution in [0.25, 0.3) is 0 Å². The number of carbonyl (C=O) groups is 4. The summed E-state index contributed by atoms with van der Waals surface area (Å²) < 4.78 is 16.3. The van der Waals surface area contributed by atoms with Gasteiger partial charge in [0.05, 0.1) is 30.7 Å². The van der Waals surface area contributed by atoms with Gasteiger partial charge in [-0.15, -0.1) is 0 Å². The summed E-state index contributed by atoms with van der Waals surface area (Å²) in [6, 6.07) is 16.3. The van der Waals surface area contributed by atoms with E-state index in [4.69, 9.17) is 21.1 Å². The van der Waals surface area contributed by atoms with Crippen LogP contribution in [0.5, 0.6) is 11.5 Å². The fourth-order valence-electron chi connectivity index (χ4n) is 4.12. The molecule has 3 amide bonds. The van der Waals surface area contributed by atoms with Gasteiger partial charge < -0.3 is 35.1 Å². The molecule has 1 aliphatic rings. The van der Waals surface area contributed by atoms with Gasteiger partial charge in [0.2, 0.25) is 11.8 Å². The minimum absolute atomic E-state index is 0.0491. The summed E-state index contributed by atoms with van der Waals surface area (Å²) in [6.07, 6.45) is -0.00735. The lowest BCUT2D eigenvalue weighted by molar-refractivity contribution is -0.140. The summed E-state index contributed by atoms with van der Waals surface area (Å²) in [5.74, 6) is -1.40. The molecule has 0 bridgehead atoms. The zero-order valence-electron chi connectivity index (χ0n) is 23.4. The average Bonchev–Trinajstić information content (AvgIpc) is 3.08. The third-order valence-corrected chi connectivity index (χ3v) is 6.61. The van der Waals surface area contributed by atoms with Crippen molar-refractivity contribution in [3.63, 3.8) is 0 Å². The van der Waals surface area contributed by atoms with E-state index >= 15 is 0 Å². The maximum absolute atomic E-state index is 13.2. The Morgan fingerprint density at radius 2 is 1.81 bits per heavy atom. The highest BCUT2D eigenvalue weighted by Gasteiger charge is 2.30. The molecule has 1 atom stereocenters. The van der Waals surface area contributed by atoms with E-state index in [1.807, 2.05) is 31.1 Å². The summed E-state index contributed by atoms with van der Waals surface area (Å²) in [6.45, 7) is -0.0730. The number of hydrogen-bond donors (Lipinski definition) is 3. The molecule has 0 radical (unpaired) electrons. The SMILES string of the molecule is COC(=O)CC[C@H]1NC(=O)c2cc(Oc3cccc(N(C)C)c3)c(NC(=O)COCc3ccc(Cl)cc3)cc2NC1=O. The summed E-state index contributed by atoms with van der Waals surface area (Å²) in [7, 11) is 5.03. The minimum Gasteiger partial charge on any atom is -0.469 e. The van der Waals surface area contributed by atoms with Gasteiger partial charge in [-0.25, -0.2) is 0 Å². The molecule has 1 heterocycles. The average molecular weight is 595 g/mol. The van der Waals surface area contributed by atoms with E-state index in [1.165, 1.54) is 19.2 Å². The van der Waals surface area contributed by atoms with E-state index in [9.17, 15) is 19.2 Å².